The Bertz CT molecular complexity index is 378. The van der Waals surface area contributed by atoms with Crippen LogP contribution in [0, 0.1) is 0 Å². The molecule has 0 radical (unpaired) electrons. The van der Waals surface area contributed by atoms with Crippen LogP contribution in [0.4, 0.5) is 5.69 Å². The molecule has 3 heteroatoms. The van der Waals surface area contributed by atoms with Crippen molar-refractivity contribution in [2.75, 3.05) is 12.3 Å². The first-order chi connectivity index (χ1) is 8.29. The molecule has 2 N–H and O–H groups in total. The van der Waals surface area contributed by atoms with E-state index in [4.69, 9.17) is 5.73 Å². The number of anilines is 1. The minimum absolute atomic E-state index is 0.0823. The summed E-state index contributed by atoms with van der Waals surface area (Å²) < 4.78 is 0. The summed E-state index contributed by atoms with van der Waals surface area (Å²) in [6, 6.07) is 8.01. The van der Waals surface area contributed by atoms with E-state index in [1.807, 2.05) is 18.2 Å². The van der Waals surface area contributed by atoms with Crippen molar-refractivity contribution < 1.29 is 4.79 Å². The van der Waals surface area contributed by atoms with Crippen molar-refractivity contribution in [1.82, 2.24) is 4.90 Å². The highest BCUT2D eigenvalue weighted by Gasteiger charge is 2.20. The molecular formula is C14H20N2O. The molecule has 0 amide bonds. The van der Waals surface area contributed by atoms with Crippen molar-refractivity contribution in [1.29, 1.82) is 0 Å². The van der Waals surface area contributed by atoms with Gasteiger partial charge in [0.2, 0.25) is 0 Å². The van der Waals surface area contributed by atoms with E-state index in [9.17, 15) is 4.79 Å². The van der Waals surface area contributed by atoms with Crippen molar-refractivity contribution >= 4 is 12.0 Å². The average molecular weight is 232 g/mol. The lowest BCUT2D eigenvalue weighted by molar-refractivity contribution is -0.112. The second kappa shape index (κ2) is 5.82. The molecule has 0 aliphatic carbocycles. The number of nitrogen functional groups attached to an aromatic ring is 1. The number of rotatable bonds is 3. The number of aldehydes is 1. The van der Waals surface area contributed by atoms with Crippen LogP contribution in [-0.2, 0) is 11.3 Å². The van der Waals surface area contributed by atoms with Crippen LogP contribution < -0.4 is 5.73 Å². The maximum atomic E-state index is 11.1. The summed E-state index contributed by atoms with van der Waals surface area (Å²) in [5.74, 6) is 0. The van der Waals surface area contributed by atoms with Crippen molar-refractivity contribution in [3.8, 4) is 0 Å². The van der Waals surface area contributed by atoms with Gasteiger partial charge in [0.15, 0.2) is 0 Å². The standard InChI is InChI=1S/C14H20N2O/c15-13-6-4-5-12(9-13)10-16-8-3-1-2-7-14(16)11-17/h4-6,9,11,14H,1-3,7-8,10,15H2. The molecule has 1 heterocycles. The van der Waals surface area contributed by atoms with E-state index in [1.54, 1.807) is 0 Å². The minimum Gasteiger partial charge on any atom is -0.399 e. The SMILES string of the molecule is Nc1cccc(CN2CCCCCC2C=O)c1. The number of carbonyl (C=O) groups is 1. The molecule has 0 bridgehead atoms. The van der Waals surface area contributed by atoms with Gasteiger partial charge in [0.05, 0.1) is 6.04 Å². The van der Waals surface area contributed by atoms with Crippen LogP contribution in [0.15, 0.2) is 24.3 Å². The Morgan fingerprint density at radius 2 is 2.24 bits per heavy atom. The van der Waals surface area contributed by atoms with Crippen LogP contribution in [0.5, 0.6) is 0 Å². The molecule has 1 aliphatic heterocycles. The maximum Gasteiger partial charge on any atom is 0.137 e. The predicted octanol–water partition coefficient (Wildman–Crippen LogP) is 2.21. The van der Waals surface area contributed by atoms with Crippen LogP contribution in [0.1, 0.15) is 31.2 Å². The van der Waals surface area contributed by atoms with Gasteiger partial charge in [0.25, 0.3) is 0 Å². The van der Waals surface area contributed by atoms with E-state index < -0.39 is 0 Å². The first kappa shape index (κ1) is 12.1. The lowest BCUT2D eigenvalue weighted by Crippen LogP contribution is -2.35. The molecule has 92 valence electrons. The lowest BCUT2D eigenvalue weighted by Gasteiger charge is -2.25. The van der Waals surface area contributed by atoms with Gasteiger partial charge in [-0.2, -0.15) is 0 Å². The Morgan fingerprint density at radius 3 is 3.00 bits per heavy atom. The van der Waals surface area contributed by atoms with E-state index in [0.717, 1.165) is 37.9 Å². The van der Waals surface area contributed by atoms with Crippen LogP contribution >= 0.6 is 0 Å². The third-order valence-corrected chi connectivity index (χ3v) is 3.41. The van der Waals surface area contributed by atoms with E-state index in [0.29, 0.717) is 0 Å². The van der Waals surface area contributed by atoms with Gasteiger partial charge >= 0.3 is 0 Å². The van der Waals surface area contributed by atoms with Gasteiger partial charge in [-0.05, 0) is 37.1 Å². The first-order valence-corrected chi connectivity index (χ1v) is 6.33. The van der Waals surface area contributed by atoms with Gasteiger partial charge in [-0.3, -0.25) is 4.90 Å². The third-order valence-electron chi connectivity index (χ3n) is 3.41. The molecule has 1 unspecified atom stereocenters. The number of hydrogen-bond donors (Lipinski definition) is 1. The zero-order chi connectivity index (χ0) is 12.1. The molecule has 3 nitrogen and oxygen atoms in total. The van der Waals surface area contributed by atoms with E-state index in [2.05, 4.69) is 11.0 Å². The number of hydrogen-bond acceptors (Lipinski definition) is 3. The highest BCUT2D eigenvalue weighted by Crippen LogP contribution is 2.18. The van der Waals surface area contributed by atoms with Crippen LogP contribution in [0.25, 0.3) is 0 Å². The summed E-state index contributed by atoms with van der Waals surface area (Å²) in [5, 5.41) is 0. The Kier molecular flexibility index (Phi) is 4.15. The summed E-state index contributed by atoms with van der Waals surface area (Å²) in [7, 11) is 0. The summed E-state index contributed by atoms with van der Waals surface area (Å²) in [5.41, 5.74) is 7.76. The number of benzene rings is 1. The molecule has 0 aromatic heterocycles. The molecule has 1 aliphatic rings. The Labute approximate surface area is 103 Å². The summed E-state index contributed by atoms with van der Waals surface area (Å²) in [4.78, 5) is 13.4. The number of nitrogens with two attached hydrogens (primary N) is 1. The highest BCUT2D eigenvalue weighted by atomic mass is 16.1. The van der Waals surface area contributed by atoms with Gasteiger partial charge in [-0.1, -0.05) is 25.0 Å². The van der Waals surface area contributed by atoms with Crippen molar-refractivity contribution in [2.24, 2.45) is 0 Å². The van der Waals surface area contributed by atoms with Gasteiger partial charge < -0.3 is 10.5 Å². The van der Waals surface area contributed by atoms with E-state index in [1.165, 1.54) is 18.4 Å². The van der Waals surface area contributed by atoms with Crippen LogP contribution in [-0.4, -0.2) is 23.8 Å². The molecule has 1 aromatic rings. The smallest absolute Gasteiger partial charge is 0.137 e. The number of carbonyl (C=O) groups excluding carboxylic acids is 1. The maximum absolute atomic E-state index is 11.1. The summed E-state index contributed by atoms with van der Waals surface area (Å²) >= 11 is 0. The highest BCUT2D eigenvalue weighted by molar-refractivity contribution is 5.57. The fourth-order valence-electron chi connectivity index (χ4n) is 2.47. The monoisotopic (exact) mass is 232 g/mol. The molecule has 1 aromatic carbocycles. The largest absolute Gasteiger partial charge is 0.399 e. The molecular weight excluding hydrogens is 212 g/mol. The van der Waals surface area contributed by atoms with Crippen LogP contribution in [0.2, 0.25) is 0 Å². The predicted molar refractivity (Wildman–Crippen MR) is 69.6 cm³/mol. The van der Waals surface area contributed by atoms with Crippen molar-refractivity contribution in [2.45, 2.75) is 38.3 Å². The average Bonchev–Trinajstić information content (AvgIpc) is 2.54. The molecule has 2 rings (SSSR count). The summed E-state index contributed by atoms with van der Waals surface area (Å²) in [6.45, 7) is 1.84. The molecule has 1 fully saturated rings. The molecule has 17 heavy (non-hydrogen) atoms. The Balaban J connectivity index is 2.06. The quantitative estimate of drug-likeness (QED) is 0.642. The van der Waals surface area contributed by atoms with Gasteiger partial charge in [-0.25, -0.2) is 0 Å². The first-order valence-electron chi connectivity index (χ1n) is 6.33. The Morgan fingerprint density at radius 1 is 1.35 bits per heavy atom. The fourth-order valence-corrected chi connectivity index (χ4v) is 2.47. The van der Waals surface area contributed by atoms with Crippen molar-refractivity contribution in [3.05, 3.63) is 29.8 Å². The fraction of sp³-hybridized carbons (Fsp3) is 0.500. The van der Waals surface area contributed by atoms with Gasteiger partial charge in [0.1, 0.15) is 6.29 Å². The van der Waals surface area contributed by atoms with Crippen molar-refractivity contribution in [3.63, 3.8) is 0 Å². The zero-order valence-electron chi connectivity index (χ0n) is 10.1. The summed E-state index contributed by atoms with van der Waals surface area (Å²) in [6.07, 6.45) is 5.67. The van der Waals surface area contributed by atoms with Gasteiger partial charge in [-0.15, -0.1) is 0 Å². The zero-order valence-corrected chi connectivity index (χ0v) is 10.1. The molecule has 0 spiro atoms. The topological polar surface area (TPSA) is 46.3 Å². The van der Waals surface area contributed by atoms with E-state index in [-0.39, 0.29) is 6.04 Å². The third kappa shape index (κ3) is 3.30. The molecule has 0 saturated carbocycles. The lowest BCUT2D eigenvalue weighted by atomic mass is 10.1. The van der Waals surface area contributed by atoms with Gasteiger partial charge in [0, 0.05) is 12.2 Å². The second-order valence-electron chi connectivity index (χ2n) is 4.77. The second-order valence-corrected chi connectivity index (χ2v) is 4.77. The van der Waals surface area contributed by atoms with Crippen LogP contribution in [0.3, 0.4) is 0 Å². The number of nitrogens with zero attached hydrogens (tertiary/aromatic N) is 1. The number of likely N-dealkylation sites (tertiary alicyclic amines) is 1. The molecule has 1 atom stereocenters. The molecule has 1 saturated heterocycles. The normalized spacial score (nSPS) is 22.0. The van der Waals surface area contributed by atoms with E-state index >= 15 is 0 Å². The minimum atomic E-state index is 0.0823. The Hall–Kier alpha value is -1.35.